The minimum absolute atomic E-state index is 0.767. The van der Waals surface area contributed by atoms with Gasteiger partial charge in [-0.1, -0.05) is 103 Å². The van der Waals surface area contributed by atoms with Gasteiger partial charge in [-0.05, 0) is 66.2 Å². The van der Waals surface area contributed by atoms with Crippen molar-refractivity contribution in [3.05, 3.63) is 164 Å². The van der Waals surface area contributed by atoms with Crippen LogP contribution in [0.15, 0.2) is 164 Å². The Morgan fingerprint density at radius 2 is 1.00 bits per heavy atom. The van der Waals surface area contributed by atoms with Crippen LogP contribution in [-0.4, -0.2) is 23.9 Å². The van der Waals surface area contributed by atoms with E-state index in [1.54, 1.807) is 0 Å². The fourth-order valence-electron chi connectivity index (χ4n) is 7.14. The topological polar surface area (TPSA) is 48.0 Å². The average molecular weight is 614 g/mol. The molecular formula is C43H27N5. The fraction of sp³-hybridized carbons (Fsp3) is 0. The molecule has 0 aliphatic rings. The molecule has 0 aliphatic heterocycles. The summed E-state index contributed by atoms with van der Waals surface area (Å²) in [6, 6.07) is 57.2. The van der Waals surface area contributed by atoms with Crippen molar-refractivity contribution in [1.29, 1.82) is 0 Å². The zero-order valence-corrected chi connectivity index (χ0v) is 25.8. The summed E-state index contributed by atoms with van der Waals surface area (Å²) in [6.07, 6.45) is 0. The largest absolute Gasteiger partial charge is 0.309 e. The molecular weight excluding hydrogens is 587 g/mol. The molecule has 0 spiro atoms. The molecule has 10 rings (SSSR count). The van der Waals surface area contributed by atoms with Gasteiger partial charge in [0.15, 0.2) is 5.82 Å². The Kier molecular flexibility index (Phi) is 5.81. The van der Waals surface area contributed by atoms with Gasteiger partial charge in [-0.25, -0.2) is 15.0 Å². The molecule has 5 heteroatoms. The van der Waals surface area contributed by atoms with Gasteiger partial charge >= 0.3 is 0 Å². The van der Waals surface area contributed by atoms with Crippen molar-refractivity contribution >= 4 is 49.4 Å². The monoisotopic (exact) mass is 613 g/mol. The lowest BCUT2D eigenvalue weighted by atomic mass is 9.98. The number of para-hydroxylation sites is 5. The lowest BCUT2D eigenvalue weighted by Crippen LogP contribution is -2.01. The van der Waals surface area contributed by atoms with Gasteiger partial charge in [0.25, 0.3) is 0 Å². The second kappa shape index (κ2) is 10.5. The molecule has 0 radical (unpaired) electrons. The van der Waals surface area contributed by atoms with Crippen LogP contribution in [0.1, 0.15) is 0 Å². The van der Waals surface area contributed by atoms with Gasteiger partial charge in [0, 0.05) is 33.0 Å². The van der Waals surface area contributed by atoms with Crippen LogP contribution in [0, 0.1) is 0 Å². The Balaban J connectivity index is 1.16. The van der Waals surface area contributed by atoms with Gasteiger partial charge in [-0.3, -0.25) is 4.40 Å². The van der Waals surface area contributed by atoms with E-state index in [2.05, 4.69) is 136 Å². The fourth-order valence-corrected chi connectivity index (χ4v) is 7.14. The lowest BCUT2D eigenvalue weighted by Gasteiger charge is -2.14. The van der Waals surface area contributed by atoms with E-state index in [1.807, 2.05) is 36.4 Å². The Bertz CT molecular complexity index is 2770. The number of hydrogen-bond donors (Lipinski definition) is 0. The molecule has 0 N–H and O–H groups in total. The van der Waals surface area contributed by atoms with E-state index in [0.717, 1.165) is 67.2 Å². The Labute approximate surface area is 276 Å². The summed E-state index contributed by atoms with van der Waals surface area (Å²) < 4.78 is 4.49. The molecule has 224 valence electrons. The van der Waals surface area contributed by atoms with E-state index < -0.39 is 0 Å². The van der Waals surface area contributed by atoms with Crippen LogP contribution in [-0.2, 0) is 0 Å². The van der Waals surface area contributed by atoms with Crippen molar-refractivity contribution in [2.45, 2.75) is 0 Å². The summed E-state index contributed by atoms with van der Waals surface area (Å²) in [5, 5.41) is 3.52. The molecule has 4 heterocycles. The first-order valence-corrected chi connectivity index (χ1v) is 16.1. The second-order valence-electron chi connectivity index (χ2n) is 12.1. The highest BCUT2D eigenvalue weighted by atomic mass is 15.1. The molecule has 0 aliphatic carbocycles. The van der Waals surface area contributed by atoms with Crippen LogP contribution < -0.4 is 0 Å². The van der Waals surface area contributed by atoms with Crippen LogP contribution in [0.2, 0.25) is 0 Å². The van der Waals surface area contributed by atoms with Crippen molar-refractivity contribution in [2.75, 3.05) is 0 Å². The van der Waals surface area contributed by atoms with Crippen LogP contribution in [0.4, 0.5) is 0 Å². The zero-order chi connectivity index (χ0) is 31.6. The molecule has 48 heavy (non-hydrogen) atoms. The molecule has 0 atom stereocenters. The maximum atomic E-state index is 5.37. The summed E-state index contributed by atoms with van der Waals surface area (Å²) in [6.45, 7) is 0. The first kappa shape index (κ1) is 26.6. The smallest absolute Gasteiger partial charge is 0.165 e. The maximum absolute atomic E-state index is 5.37. The highest BCUT2D eigenvalue weighted by Gasteiger charge is 2.19. The van der Waals surface area contributed by atoms with Crippen LogP contribution in [0.3, 0.4) is 0 Å². The number of aromatic nitrogens is 5. The van der Waals surface area contributed by atoms with Gasteiger partial charge < -0.3 is 4.57 Å². The molecule has 10 aromatic rings. The normalized spacial score (nSPS) is 11.8. The van der Waals surface area contributed by atoms with Crippen molar-refractivity contribution < 1.29 is 0 Å². The Morgan fingerprint density at radius 1 is 0.396 bits per heavy atom. The van der Waals surface area contributed by atoms with Crippen molar-refractivity contribution in [3.8, 4) is 39.6 Å². The van der Waals surface area contributed by atoms with Gasteiger partial charge in [-0.2, -0.15) is 0 Å². The van der Waals surface area contributed by atoms with Gasteiger partial charge in [0.05, 0.1) is 33.3 Å². The molecule has 0 unspecified atom stereocenters. The third-order valence-electron chi connectivity index (χ3n) is 9.33. The van der Waals surface area contributed by atoms with Crippen LogP contribution in [0.25, 0.3) is 89.0 Å². The Hall–Kier alpha value is -6.59. The number of hydrogen-bond acceptors (Lipinski definition) is 3. The van der Waals surface area contributed by atoms with E-state index in [0.29, 0.717) is 0 Å². The van der Waals surface area contributed by atoms with Crippen molar-refractivity contribution in [3.63, 3.8) is 0 Å². The van der Waals surface area contributed by atoms with Crippen LogP contribution in [0.5, 0.6) is 0 Å². The third kappa shape index (κ3) is 4.01. The molecule has 4 aromatic heterocycles. The maximum Gasteiger partial charge on any atom is 0.165 e. The molecule has 0 fully saturated rings. The molecule has 5 nitrogen and oxygen atoms in total. The number of benzene rings is 6. The quantitative estimate of drug-likeness (QED) is 0.198. The molecule has 0 saturated heterocycles. The predicted octanol–water partition coefficient (Wildman–Crippen LogP) is 10.5. The number of rotatable bonds is 4. The van der Waals surface area contributed by atoms with Gasteiger partial charge in [0.2, 0.25) is 0 Å². The summed E-state index contributed by atoms with van der Waals surface area (Å²) in [7, 11) is 0. The van der Waals surface area contributed by atoms with Crippen molar-refractivity contribution in [1.82, 2.24) is 23.9 Å². The number of pyridine rings is 1. The summed E-state index contributed by atoms with van der Waals surface area (Å²) in [5.41, 5.74) is 12.1. The third-order valence-corrected chi connectivity index (χ3v) is 9.33. The van der Waals surface area contributed by atoms with E-state index in [9.17, 15) is 0 Å². The summed E-state index contributed by atoms with van der Waals surface area (Å²) in [4.78, 5) is 15.6. The van der Waals surface area contributed by atoms with E-state index in [1.165, 1.54) is 21.8 Å². The van der Waals surface area contributed by atoms with Gasteiger partial charge in [0.1, 0.15) is 11.3 Å². The molecule has 0 saturated carbocycles. The number of nitrogens with zero attached hydrogens (tertiary/aromatic N) is 5. The highest BCUT2D eigenvalue weighted by Crippen LogP contribution is 2.37. The standard InChI is InChI=1S/C43H27N5/c1-2-12-29(13-3-1)41-31(28-22-24-30(25-23-28)47-38-19-9-5-14-32(38)33-15-6-10-20-39(33)47)26-27-37(44-41)43-45-35-17-7-4-16-34(35)42-46-36-18-8-11-21-40(36)48(42)43/h1-27H. The zero-order valence-electron chi connectivity index (χ0n) is 25.8. The number of imidazole rings is 1. The molecule has 6 aromatic carbocycles. The second-order valence-corrected chi connectivity index (χ2v) is 12.1. The van der Waals surface area contributed by atoms with E-state index in [-0.39, 0.29) is 0 Å². The summed E-state index contributed by atoms with van der Waals surface area (Å²) >= 11 is 0. The predicted molar refractivity (Wildman–Crippen MR) is 196 cm³/mol. The first-order chi connectivity index (χ1) is 23.8. The molecule has 0 amide bonds. The SMILES string of the molecule is c1ccc(-c2nc(-c3nc4ccccc4c4nc5ccccc5n34)ccc2-c2ccc(-n3c4ccccc4c4ccccc43)cc2)cc1. The van der Waals surface area contributed by atoms with Crippen LogP contribution >= 0.6 is 0 Å². The molecule has 0 bridgehead atoms. The number of fused-ring (bicyclic) bond motifs is 8. The van der Waals surface area contributed by atoms with E-state index >= 15 is 0 Å². The lowest BCUT2D eigenvalue weighted by molar-refractivity contribution is 1.13. The van der Waals surface area contributed by atoms with Crippen molar-refractivity contribution in [2.24, 2.45) is 0 Å². The minimum atomic E-state index is 0.767. The Morgan fingerprint density at radius 3 is 1.73 bits per heavy atom. The van der Waals surface area contributed by atoms with E-state index in [4.69, 9.17) is 15.0 Å². The minimum Gasteiger partial charge on any atom is -0.309 e. The highest BCUT2D eigenvalue weighted by molar-refractivity contribution is 6.09. The first-order valence-electron chi connectivity index (χ1n) is 16.1. The van der Waals surface area contributed by atoms with Gasteiger partial charge in [-0.15, -0.1) is 0 Å². The average Bonchev–Trinajstić information content (AvgIpc) is 3.72. The summed E-state index contributed by atoms with van der Waals surface area (Å²) in [5.74, 6) is 0.767.